The summed E-state index contributed by atoms with van der Waals surface area (Å²) in [7, 11) is 0. The monoisotopic (exact) mass is 368 g/mol. The molecule has 1 amide bonds. The van der Waals surface area contributed by atoms with E-state index in [-0.39, 0.29) is 5.91 Å². The van der Waals surface area contributed by atoms with Crippen LogP contribution in [0.25, 0.3) is 10.9 Å². The molecule has 6 heteroatoms. The fourth-order valence-electron chi connectivity index (χ4n) is 2.97. The zero-order valence-corrected chi connectivity index (χ0v) is 15.2. The van der Waals surface area contributed by atoms with Crippen molar-refractivity contribution in [3.8, 4) is 11.5 Å². The zero-order valence-electron chi connectivity index (χ0n) is 14.4. The maximum atomic E-state index is 12.8. The van der Waals surface area contributed by atoms with Gasteiger partial charge in [0.15, 0.2) is 11.5 Å². The summed E-state index contributed by atoms with van der Waals surface area (Å²) in [5.74, 6) is 0.884. The van der Waals surface area contributed by atoms with E-state index < -0.39 is 0 Å². The third-order valence-corrected chi connectivity index (χ3v) is 4.60. The number of hydrogen-bond donors (Lipinski definition) is 1. The van der Waals surface area contributed by atoms with Crippen molar-refractivity contribution in [1.82, 2.24) is 4.98 Å². The maximum Gasteiger partial charge on any atom is 0.257 e. The van der Waals surface area contributed by atoms with Crippen molar-refractivity contribution >= 4 is 34.1 Å². The molecule has 1 N–H and O–H groups in total. The molecule has 5 nitrogen and oxygen atoms in total. The SMILES string of the molecule is Cc1ccc2nc(C)c(C(=O)Nc3cc4c(cc3Cl)OCCO4)cc2c1. The highest BCUT2D eigenvalue weighted by Gasteiger charge is 2.18. The second-order valence-corrected chi connectivity index (χ2v) is 6.65. The van der Waals surface area contributed by atoms with Gasteiger partial charge in [0.25, 0.3) is 5.91 Å². The summed E-state index contributed by atoms with van der Waals surface area (Å²) >= 11 is 6.28. The third-order valence-electron chi connectivity index (χ3n) is 4.29. The fourth-order valence-corrected chi connectivity index (χ4v) is 3.17. The van der Waals surface area contributed by atoms with Crippen LogP contribution in [0.15, 0.2) is 36.4 Å². The predicted octanol–water partition coefficient (Wildman–Crippen LogP) is 4.53. The van der Waals surface area contributed by atoms with Crippen LogP contribution < -0.4 is 14.8 Å². The average molecular weight is 369 g/mol. The van der Waals surface area contributed by atoms with Gasteiger partial charge in [-0.25, -0.2) is 0 Å². The number of aromatic nitrogens is 1. The second kappa shape index (κ2) is 6.50. The van der Waals surface area contributed by atoms with E-state index in [9.17, 15) is 4.79 Å². The summed E-state index contributed by atoms with van der Waals surface area (Å²) in [6, 6.07) is 11.2. The third kappa shape index (κ3) is 3.06. The largest absolute Gasteiger partial charge is 0.486 e. The van der Waals surface area contributed by atoms with E-state index in [1.807, 2.05) is 38.1 Å². The van der Waals surface area contributed by atoms with Gasteiger partial charge in [0.2, 0.25) is 0 Å². The predicted molar refractivity (Wildman–Crippen MR) is 102 cm³/mol. The number of amides is 1. The summed E-state index contributed by atoms with van der Waals surface area (Å²) < 4.78 is 11.0. The van der Waals surface area contributed by atoms with Crippen LogP contribution in [-0.4, -0.2) is 24.1 Å². The topological polar surface area (TPSA) is 60.5 Å². The highest BCUT2D eigenvalue weighted by Crippen LogP contribution is 2.38. The molecule has 0 bridgehead atoms. The van der Waals surface area contributed by atoms with Gasteiger partial charge in [0, 0.05) is 17.5 Å². The van der Waals surface area contributed by atoms with Crippen molar-refractivity contribution in [2.75, 3.05) is 18.5 Å². The lowest BCUT2D eigenvalue weighted by Crippen LogP contribution is -2.17. The van der Waals surface area contributed by atoms with Gasteiger partial charge in [-0.3, -0.25) is 9.78 Å². The van der Waals surface area contributed by atoms with E-state index in [4.69, 9.17) is 21.1 Å². The molecule has 2 heterocycles. The number of ether oxygens (including phenoxy) is 2. The first-order valence-electron chi connectivity index (χ1n) is 8.30. The van der Waals surface area contributed by atoms with Crippen LogP contribution in [0, 0.1) is 13.8 Å². The summed E-state index contributed by atoms with van der Waals surface area (Å²) in [6.07, 6.45) is 0. The van der Waals surface area contributed by atoms with Gasteiger partial charge >= 0.3 is 0 Å². The molecule has 3 aromatic rings. The number of nitrogens with zero attached hydrogens (tertiary/aromatic N) is 1. The van der Waals surface area contributed by atoms with Crippen LogP contribution >= 0.6 is 11.6 Å². The first-order chi connectivity index (χ1) is 12.5. The number of aryl methyl sites for hydroxylation is 2. The Balaban J connectivity index is 1.68. The van der Waals surface area contributed by atoms with E-state index in [0.717, 1.165) is 16.5 Å². The van der Waals surface area contributed by atoms with Gasteiger partial charge in [-0.1, -0.05) is 23.2 Å². The Bertz CT molecular complexity index is 1030. The summed E-state index contributed by atoms with van der Waals surface area (Å²) in [4.78, 5) is 17.3. The van der Waals surface area contributed by atoms with Gasteiger partial charge in [-0.05, 0) is 32.0 Å². The van der Waals surface area contributed by atoms with Crippen LogP contribution in [0.2, 0.25) is 5.02 Å². The van der Waals surface area contributed by atoms with E-state index in [2.05, 4.69) is 10.3 Å². The lowest BCUT2D eigenvalue weighted by Gasteiger charge is -2.20. The number of halogens is 1. The van der Waals surface area contributed by atoms with Crippen molar-refractivity contribution in [2.24, 2.45) is 0 Å². The number of fused-ring (bicyclic) bond motifs is 2. The Labute approximate surface area is 155 Å². The molecule has 0 saturated heterocycles. The maximum absolute atomic E-state index is 12.8. The second-order valence-electron chi connectivity index (χ2n) is 6.25. The fraction of sp³-hybridized carbons (Fsp3) is 0.200. The van der Waals surface area contributed by atoms with Crippen LogP contribution in [-0.2, 0) is 0 Å². The molecule has 1 aliphatic rings. The molecule has 0 saturated carbocycles. The Kier molecular flexibility index (Phi) is 4.17. The van der Waals surface area contributed by atoms with Crippen molar-refractivity contribution in [3.05, 3.63) is 58.2 Å². The van der Waals surface area contributed by atoms with E-state index in [0.29, 0.717) is 46.7 Å². The number of anilines is 1. The number of rotatable bonds is 2. The van der Waals surface area contributed by atoms with Crippen LogP contribution in [0.3, 0.4) is 0 Å². The van der Waals surface area contributed by atoms with Gasteiger partial charge in [-0.2, -0.15) is 0 Å². The molecular weight excluding hydrogens is 352 g/mol. The van der Waals surface area contributed by atoms with Crippen molar-refractivity contribution in [2.45, 2.75) is 13.8 Å². The number of benzene rings is 2. The standard InChI is InChI=1S/C20H17ClN2O3/c1-11-3-4-16-13(7-11)8-14(12(2)22-16)20(24)23-17-10-19-18(9-15(17)21)25-5-6-26-19/h3-4,7-10H,5-6H2,1-2H3,(H,23,24). The summed E-state index contributed by atoms with van der Waals surface area (Å²) in [5.41, 5.74) is 3.62. The molecule has 0 radical (unpaired) electrons. The van der Waals surface area contributed by atoms with Gasteiger partial charge in [-0.15, -0.1) is 0 Å². The lowest BCUT2D eigenvalue weighted by molar-refractivity contribution is 0.102. The molecule has 2 aromatic carbocycles. The van der Waals surface area contributed by atoms with Crippen molar-refractivity contribution in [3.63, 3.8) is 0 Å². The van der Waals surface area contributed by atoms with E-state index in [1.54, 1.807) is 12.1 Å². The molecule has 0 fully saturated rings. The molecule has 1 aromatic heterocycles. The lowest BCUT2D eigenvalue weighted by atomic mass is 10.1. The minimum atomic E-state index is -0.267. The Morgan fingerprint density at radius 3 is 2.58 bits per heavy atom. The number of carbonyl (C=O) groups is 1. The summed E-state index contributed by atoms with van der Waals surface area (Å²) in [6.45, 7) is 4.78. The van der Waals surface area contributed by atoms with Gasteiger partial charge in [0.1, 0.15) is 13.2 Å². The van der Waals surface area contributed by atoms with Gasteiger partial charge in [0.05, 0.1) is 27.5 Å². The van der Waals surface area contributed by atoms with Crippen molar-refractivity contribution < 1.29 is 14.3 Å². The average Bonchev–Trinajstić information content (AvgIpc) is 2.62. The molecule has 0 atom stereocenters. The van der Waals surface area contributed by atoms with E-state index in [1.165, 1.54) is 0 Å². The van der Waals surface area contributed by atoms with E-state index >= 15 is 0 Å². The molecule has 132 valence electrons. The van der Waals surface area contributed by atoms with Crippen LogP contribution in [0.4, 0.5) is 5.69 Å². The molecular formula is C20H17ClN2O3. The Hall–Kier alpha value is -2.79. The highest BCUT2D eigenvalue weighted by molar-refractivity contribution is 6.34. The molecule has 1 aliphatic heterocycles. The first-order valence-corrected chi connectivity index (χ1v) is 8.67. The minimum absolute atomic E-state index is 0.267. The Morgan fingerprint density at radius 1 is 1.08 bits per heavy atom. The first kappa shape index (κ1) is 16.7. The van der Waals surface area contributed by atoms with Crippen LogP contribution in [0.5, 0.6) is 11.5 Å². The molecule has 0 aliphatic carbocycles. The van der Waals surface area contributed by atoms with Crippen LogP contribution in [0.1, 0.15) is 21.6 Å². The Morgan fingerprint density at radius 2 is 1.81 bits per heavy atom. The smallest absolute Gasteiger partial charge is 0.257 e. The van der Waals surface area contributed by atoms with Crippen molar-refractivity contribution in [1.29, 1.82) is 0 Å². The molecule has 0 spiro atoms. The minimum Gasteiger partial charge on any atom is -0.486 e. The normalized spacial score (nSPS) is 12.9. The summed E-state index contributed by atoms with van der Waals surface area (Å²) in [5, 5.41) is 4.17. The number of nitrogens with one attached hydrogen (secondary N) is 1. The number of carbonyl (C=O) groups excluding carboxylic acids is 1. The number of pyridine rings is 1. The van der Waals surface area contributed by atoms with Gasteiger partial charge < -0.3 is 14.8 Å². The zero-order chi connectivity index (χ0) is 18.3. The highest BCUT2D eigenvalue weighted by atomic mass is 35.5. The molecule has 4 rings (SSSR count). The molecule has 0 unspecified atom stereocenters. The number of hydrogen-bond acceptors (Lipinski definition) is 4. The quantitative estimate of drug-likeness (QED) is 0.722. The molecule has 26 heavy (non-hydrogen) atoms.